The van der Waals surface area contributed by atoms with Gasteiger partial charge in [0, 0.05) is 18.4 Å². The Bertz CT molecular complexity index is 684. The van der Waals surface area contributed by atoms with Gasteiger partial charge in [-0.3, -0.25) is 9.59 Å². The zero-order chi connectivity index (χ0) is 19.3. The van der Waals surface area contributed by atoms with Crippen LogP contribution in [0.25, 0.3) is 0 Å². The van der Waals surface area contributed by atoms with Crippen molar-refractivity contribution in [2.75, 3.05) is 11.9 Å². The van der Waals surface area contributed by atoms with Crippen LogP contribution in [-0.2, 0) is 15.8 Å². The second-order valence-electron chi connectivity index (χ2n) is 6.26. The first-order chi connectivity index (χ1) is 12.2. The van der Waals surface area contributed by atoms with Crippen LogP contribution in [0.5, 0.6) is 0 Å². The van der Waals surface area contributed by atoms with E-state index in [0.717, 1.165) is 18.2 Å². The van der Waals surface area contributed by atoms with E-state index in [1.807, 2.05) is 0 Å². The second kappa shape index (κ2) is 8.58. The first-order valence-corrected chi connectivity index (χ1v) is 8.66. The van der Waals surface area contributed by atoms with Crippen LogP contribution in [0.1, 0.15) is 31.2 Å². The molecule has 1 aromatic carbocycles. The van der Waals surface area contributed by atoms with Gasteiger partial charge in [-0.1, -0.05) is 17.7 Å². The van der Waals surface area contributed by atoms with Crippen molar-refractivity contribution in [3.05, 3.63) is 41.4 Å². The molecule has 2 rings (SSSR count). The van der Waals surface area contributed by atoms with Crippen molar-refractivity contribution >= 4 is 29.1 Å². The van der Waals surface area contributed by atoms with Gasteiger partial charge in [-0.25, -0.2) is 0 Å². The summed E-state index contributed by atoms with van der Waals surface area (Å²) >= 11 is 5.90. The molecular formula is C18H20ClF3N2O2. The summed E-state index contributed by atoms with van der Waals surface area (Å²) < 4.78 is 38.4. The van der Waals surface area contributed by atoms with Crippen LogP contribution in [-0.4, -0.2) is 18.4 Å². The van der Waals surface area contributed by atoms with Gasteiger partial charge in [-0.15, -0.1) is 6.58 Å². The Kier molecular flexibility index (Phi) is 6.69. The molecule has 0 saturated heterocycles. The van der Waals surface area contributed by atoms with Gasteiger partial charge < -0.3 is 10.6 Å². The van der Waals surface area contributed by atoms with E-state index in [1.54, 1.807) is 6.08 Å². The van der Waals surface area contributed by atoms with Gasteiger partial charge in [0.25, 0.3) is 0 Å². The van der Waals surface area contributed by atoms with Crippen LogP contribution >= 0.6 is 11.6 Å². The summed E-state index contributed by atoms with van der Waals surface area (Å²) in [5.74, 6) is -0.957. The topological polar surface area (TPSA) is 58.2 Å². The lowest BCUT2D eigenvalue weighted by Gasteiger charge is -2.27. The molecule has 0 unspecified atom stereocenters. The molecule has 0 radical (unpaired) electrons. The van der Waals surface area contributed by atoms with Crippen molar-refractivity contribution in [2.45, 2.75) is 31.9 Å². The fourth-order valence-corrected chi connectivity index (χ4v) is 3.13. The predicted octanol–water partition coefficient (Wildman–Crippen LogP) is 4.41. The smallest absolute Gasteiger partial charge is 0.352 e. The summed E-state index contributed by atoms with van der Waals surface area (Å²) in [5.41, 5.74) is -0.933. The molecule has 0 spiro atoms. The van der Waals surface area contributed by atoms with E-state index in [1.165, 1.54) is 0 Å². The highest BCUT2D eigenvalue weighted by molar-refractivity contribution is 6.33. The number of hydrogen-bond donors (Lipinski definition) is 2. The van der Waals surface area contributed by atoms with Crippen LogP contribution in [0, 0.1) is 11.8 Å². The molecule has 1 aliphatic rings. The maximum atomic E-state index is 12.8. The molecule has 0 heterocycles. The third-order valence-electron chi connectivity index (χ3n) is 4.44. The molecule has 0 atom stereocenters. The minimum absolute atomic E-state index is 0.0452. The molecular weight excluding hydrogens is 369 g/mol. The summed E-state index contributed by atoms with van der Waals surface area (Å²) in [6.45, 7) is 3.93. The van der Waals surface area contributed by atoms with E-state index in [-0.39, 0.29) is 34.4 Å². The average molecular weight is 389 g/mol. The van der Waals surface area contributed by atoms with E-state index < -0.39 is 11.7 Å². The standard InChI is InChI=1S/C18H20ClF3N2O2/c1-2-9-23-16(25)11-3-5-12(6-4-11)17(26)24-15-10-13(18(20,21)22)7-8-14(15)19/h2,7-8,10-12H,1,3-6,9H2,(H,23,25)(H,24,26). The van der Waals surface area contributed by atoms with E-state index >= 15 is 0 Å². The zero-order valence-electron chi connectivity index (χ0n) is 14.0. The van der Waals surface area contributed by atoms with Gasteiger partial charge in [0.05, 0.1) is 16.3 Å². The Hall–Kier alpha value is -2.02. The van der Waals surface area contributed by atoms with Crippen molar-refractivity contribution in [3.8, 4) is 0 Å². The minimum atomic E-state index is -4.51. The Morgan fingerprint density at radius 3 is 2.27 bits per heavy atom. The SMILES string of the molecule is C=CCNC(=O)C1CCC(C(=O)Nc2cc(C(F)(F)F)ccc2Cl)CC1. The Morgan fingerprint density at radius 1 is 1.15 bits per heavy atom. The summed E-state index contributed by atoms with van der Waals surface area (Å²) in [7, 11) is 0. The minimum Gasteiger partial charge on any atom is -0.352 e. The molecule has 1 aromatic rings. The highest BCUT2D eigenvalue weighted by Crippen LogP contribution is 2.35. The van der Waals surface area contributed by atoms with Crippen LogP contribution in [0.15, 0.2) is 30.9 Å². The molecule has 0 bridgehead atoms. The third-order valence-corrected chi connectivity index (χ3v) is 4.77. The number of carbonyl (C=O) groups excluding carboxylic acids is 2. The summed E-state index contributed by atoms with van der Waals surface area (Å²) in [4.78, 5) is 24.3. The van der Waals surface area contributed by atoms with E-state index in [2.05, 4.69) is 17.2 Å². The molecule has 4 nitrogen and oxygen atoms in total. The van der Waals surface area contributed by atoms with Crippen LogP contribution < -0.4 is 10.6 Å². The van der Waals surface area contributed by atoms with Crippen LogP contribution in [0.2, 0.25) is 5.02 Å². The summed E-state index contributed by atoms with van der Waals surface area (Å²) in [6.07, 6.45) is -0.825. The molecule has 1 fully saturated rings. The first kappa shape index (κ1) is 20.3. The largest absolute Gasteiger partial charge is 0.416 e. The number of halogens is 4. The number of alkyl halides is 3. The summed E-state index contributed by atoms with van der Waals surface area (Å²) in [6, 6.07) is 2.81. The Labute approximate surface area is 154 Å². The molecule has 0 aliphatic heterocycles. The maximum absolute atomic E-state index is 12.8. The second-order valence-corrected chi connectivity index (χ2v) is 6.67. The Balaban J connectivity index is 1.95. The van der Waals surface area contributed by atoms with Gasteiger partial charge >= 0.3 is 6.18 Å². The molecule has 1 aliphatic carbocycles. The Morgan fingerprint density at radius 2 is 1.73 bits per heavy atom. The molecule has 8 heteroatoms. The van der Waals surface area contributed by atoms with Crippen molar-refractivity contribution in [2.24, 2.45) is 11.8 Å². The normalized spacial score (nSPS) is 20.3. The third kappa shape index (κ3) is 5.24. The molecule has 142 valence electrons. The first-order valence-electron chi connectivity index (χ1n) is 8.28. The van der Waals surface area contributed by atoms with Gasteiger partial charge in [0.1, 0.15) is 0 Å². The van der Waals surface area contributed by atoms with Crippen molar-refractivity contribution in [3.63, 3.8) is 0 Å². The lowest BCUT2D eigenvalue weighted by Crippen LogP contribution is -2.35. The van der Waals surface area contributed by atoms with Crippen LogP contribution in [0.4, 0.5) is 18.9 Å². The highest BCUT2D eigenvalue weighted by atomic mass is 35.5. The molecule has 2 N–H and O–H groups in total. The number of carbonyl (C=O) groups is 2. The van der Waals surface area contributed by atoms with Crippen molar-refractivity contribution in [1.29, 1.82) is 0 Å². The number of anilines is 1. The quantitative estimate of drug-likeness (QED) is 0.734. The number of hydrogen-bond acceptors (Lipinski definition) is 2. The number of amides is 2. The number of nitrogens with one attached hydrogen (secondary N) is 2. The van der Waals surface area contributed by atoms with E-state index in [4.69, 9.17) is 11.6 Å². The van der Waals surface area contributed by atoms with E-state index in [0.29, 0.717) is 32.2 Å². The maximum Gasteiger partial charge on any atom is 0.416 e. The van der Waals surface area contributed by atoms with Gasteiger partial charge in [0.2, 0.25) is 11.8 Å². The van der Waals surface area contributed by atoms with Crippen molar-refractivity contribution < 1.29 is 22.8 Å². The summed E-state index contributed by atoms with van der Waals surface area (Å²) in [5, 5.41) is 5.26. The van der Waals surface area contributed by atoms with Gasteiger partial charge in [0.15, 0.2) is 0 Å². The monoisotopic (exact) mass is 388 g/mol. The molecule has 2 amide bonds. The zero-order valence-corrected chi connectivity index (χ0v) is 14.8. The predicted molar refractivity (Wildman–Crippen MR) is 93.7 cm³/mol. The fourth-order valence-electron chi connectivity index (χ4n) is 2.97. The van der Waals surface area contributed by atoms with Crippen molar-refractivity contribution in [1.82, 2.24) is 5.32 Å². The number of benzene rings is 1. The highest BCUT2D eigenvalue weighted by Gasteiger charge is 2.32. The fraction of sp³-hybridized carbons (Fsp3) is 0.444. The van der Waals surface area contributed by atoms with Gasteiger partial charge in [-0.2, -0.15) is 13.2 Å². The number of rotatable bonds is 5. The molecule has 26 heavy (non-hydrogen) atoms. The lowest BCUT2D eigenvalue weighted by molar-refractivity contribution is -0.137. The lowest BCUT2D eigenvalue weighted by atomic mass is 9.81. The van der Waals surface area contributed by atoms with E-state index in [9.17, 15) is 22.8 Å². The average Bonchev–Trinajstić information content (AvgIpc) is 2.60. The van der Waals surface area contributed by atoms with Crippen LogP contribution in [0.3, 0.4) is 0 Å². The van der Waals surface area contributed by atoms with Gasteiger partial charge in [-0.05, 0) is 43.9 Å². The molecule has 0 aromatic heterocycles. The molecule has 1 saturated carbocycles.